The lowest BCUT2D eigenvalue weighted by molar-refractivity contribution is 0.322. The molecule has 2 aromatic rings. The van der Waals surface area contributed by atoms with Crippen molar-refractivity contribution in [1.82, 2.24) is 15.6 Å². The molecule has 0 atom stereocenters. The van der Waals surface area contributed by atoms with Gasteiger partial charge in [-0.15, -0.1) is 0 Å². The molecule has 27 heavy (non-hydrogen) atoms. The highest BCUT2D eigenvalue weighted by atomic mass is 16.5. The molecule has 0 aliphatic heterocycles. The molecule has 1 aromatic heterocycles. The number of benzene rings is 1. The maximum Gasteiger partial charge on any atom is 0.203 e. The summed E-state index contributed by atoms with van der Waals surface area (Å²) in [6, 6.07) is 9.71. The van der Waals surface area contributed by atoms with Crippen LogP contribution in [0.1, 0.15) is 18.2 Å². The lowest BCUT2D eigenvalue weighted by Gasteiger charge is -2.15. The van der Waals surface area contributed by atoms with Gasteiger partial charge in [-0.3, -0.25) is 4.98 Å². The molecule has 0 bridgehead atoms. The minimum absolute atomic E-state index is 0.447. The summed E-state index contributed by atoms with van der Waals surface area (Å²) < 4.78 is 16.3. The van der Waals surface area contributed by atoms with Gasteiger partial charge in [-0.2, -0.15) is 0 Å². The van der Waals surface area contributed by atoms with E-state index >= 15 is 0 Å². The fourth-order valence-electron chi connectivity index (χ4n) is 2.65. The summed E-state index contributed by atoms with van der Waals surface area (Å²) in [5.74, 6) is 2.57. The van der Waals surface area contributed by atoms with E-state index in [1.807, 2.05) is 37.3 Å². The van der Waals surface area contributed by atoms with E-state index in [1.165, 1.54) is 0 Å². The van der Waals surface area contributed by atoms with E-state index in [0.717, 1.165) is 36.7 Å². The standard InChI is InChI=1S/C20H28N4O3/c1-5-21-20(23-13-11-16-8-6-7-12-22-16)24-14-15-9-10-17(25-2)19(27-4)18(15)26-3/h6-10,12H,5,11,13-14H2,1-4H3,(H2,21,23,24). The second-order valence-corrected chi connectivity index (χ2v) is 5.69. The minimum atomic E-state index is 0.447. The predicted octanol–water partition coefficient (Wildman–Crippen LogP) is 2.41. The summed E-state index contributed by atoms with van der Waals surface area (Å²) in [6.45, 7) is 4.00. The van der Waals surface area contributed by atoms with Gasteiger partial charge >= 0.3 is 0 Å². The smallest absolute Gasteiger partial charge is 0.203 e. The maximum atomic E-state index is 5.52. The summed E-state index contributed by atoms with van der Waals surface area (Å²) in [6.07, 6.45) is 2.63. The van der Waals surface area contributed by atoms with E-state index in [-0.39, 0.29) is 0 Å². The number of pyridine rings is 1. The zero-order chi connectivity index (χ0) is 19.5. The molecule has 0 unspecified atom stereocenters. The number of aromatic nitrogens is 1. The summed E-state index contributed by atoms with van der Waals surface area (Å²) in [4.78, 5) is 8.98. The third-order valence-electron chi connectivity index (χ3n) is 3.94. The fraction of sp³-hybridized carbons (Fsp3) is 0.400. The molecule has 0 aliphatic rings. The Balaban J connectivity index is 2.07. The van der Waals surface area contributed by atoms with Crippen LogP contribution in [0.5, 0.6) is 17.2 Å². The van der Waals surface area contributed by atoms with Gasteiger partial charge in [0.05, 0.1) is 27.9 Å². The molecule has 7 heteroatoms. The van der Waals surface area contributed by atoms with Crippen LogP contribution in [0.15, 0.2) is 41.5 Å². The molecule has 0 aliphatic carbocycles. The average Bonchev–Trinajstić information content (AvgIpc) is 2.71. The van der Waals surface area contributed by atoms with Crippen LogP contribution >= 0.6 is 0 Å². The third kappa shape index (κ3) is 5.77. The lowest BCUT2D eigenvalue weighted by atomic mass is 10.1. The summed E-state index contributed by atoms with van der Waals surface area (Å²) >= 11 is 0. The van der Waals surface area contributed by atoms with Crippen molar-refractivity contribution in [3.63, 3.8) is 0 Å². The largest absolute Gasteiger partial charge is 0.493 e. The van der Waals surface area contributed by atoms with Crippen LogP contribution in [0.4, 0.5) is 0 Å². The number of hydrogen-bond acceptors (Lipinski definition) is 5. The van der Waals surface area contributed by atoms with Crippen LogP contribution in [-0.4, -0.2) is 45.4 Å². The highest BCUT2D eigenvalue weighted by molar-refractivity contribution is 5.79. The molecule has 0 spiro atoms. The Kier molecular flexibility index (Phi) is 8.22. The summed E-state index contributed by atoms with van der Waals surface area (Å²) in [7, 11) is 4.81. The Hall–Kier alpha value is -2.96. The first-order chi connectivity index (χ1) is 13.2. The molecule has 1 aromatic carbocycles. The first-order valence-corrected chi connectivity index (χ1v) is 8.93. The Morgan fingerprint density at radius 1 is 1.00 bits per heavy atom. The van der Waals surface area contributed by atoms with Gasteiger partial charge < -0.3 is 24.8 Å². The average molecular weight is 372 g/mol. The van der Waals surface area contributed by atoms with Crippen LogP contribution in [0.25, 0.3) is 0 Å². The number of guanidine groups is 1. The van der Waals surface area contributed by atoms with E-state index in [2.05, 4.69) is 20.6 Å². The Bertz CT molecular complexity index is 736. The quantitative estimate of drug-likeness (QED) is 0.520. The molecular weight excluding hydrogens is 344 g/mol. The Morgan fingerprint density at radius 3 is 2.44 bits per heavy atom. The Morgan fingerprint density at radius 2 is 1.81 bits per heavy atom. The number of aliphatic imine (C=N–C) groups is 1. The van der Waals surface area contributed by atoms with Gasteiger partial charge in [0.15, 0.2) is 17.5 Å². The zero-order valence-corrected chi connectivity index (χ0v) is 16.4. The van der Waals surface area contributed by atoms with Gasteiger partial charge in [0, 0.05) is 37.0 Å². The summed E-state index contributed by atoms with van der Waals surface area (Å²) in [5.41, 5.74) is 1.96. The van der Waals surface area contributed by atoms with Crippen molar-refractivity contribution >= 4 is 5.96 Å². The molecule has 0 amide bonds. The second kappa shape index (κ2) is 10.9. The van der Waals surface area contributed by atoms with Gasteiger partial charge in [-0.25, -0.2) is 4.99 Å². The molecular formula is C20H28N4O3. The third-order valence-corrected chi connectivity index (χ3v) is 3.94. The van der Waals surface area contributed by atoms with Crippen molar-refractivity contribution in [3.05, 3.63) is 47.8 Å². The molecule has 0 radical (unpaired) electrons. The van der Waals surface area contributed by atoms with Crippen LogP contribution in [0.2, 0.25) is 0 Å². The van der Waals surface area contributed by atoms with Crippen LogP contribution in [0.3, 0.4) is 0 Å². The molecule has 146 valence electrons. The van der Waals surface area contributed by atoms with Crippen molar-refractivity contribution in [1.29, 1.82) is 0 Å². The number of rotatable bonds is 9. The predicted molar refractivity (Wildman–Crippen MR) is 107 cm³/mol. The number of ether oxygens (including phenoxy) is 3. The highest BCUT2D eigenvalue weighted by Gasteiger charge is 2.15. The van der Waals surface area contributed by atoms with Crippen molar-refractivity contribution < 1.29 is 14.2 Å². The number of nitrogens with one attached hydrogen (secondary N) is 2. The lowest BCUT2D eigenvalue weighted by Crippen LogP contribution is -2.38. The van der Waals surface area contributed by atoms with Crippen molar-refractivity contribution in [2.75, 3.05) is 34.4 Å². The van der Waals surface area contributed by atoms with Gasteiger partial charge in [-0.05, 0) is 31.2 Å². The molecule has 0 fully saturated rings. The number of hydrogen-bond donors (Lipinski definition) is 2. The number of nitrogens with zero attached hydrogens (tertiary/aromatic N) is 2. The monoisotopic (exact) mass is 372 g/mol. The second-order valence-electron chi connectivity index (χ2n) is 5.69. The van der Waals surface area contributed by atoms with Crippen molar-refractivity contribution in [2.45, 2.75) is 19.9 Å². The van der Waals surface area contributed by atoms with E-state index in [0.29, 0.717) is 23.8 Å². The minimum Gasteiger partial charge on any atom is -0.493 e. The molecule has 1 heterocycles. The van der Waals surface area contributed by atoms with Crippen molar-refractivity contribution in [2.24, 2.45) is 4.99 Å². The molecule has 7 nitrogen and oxygen atoms in total. The zero-order valence-electron chi connectivity index (χ0n) is 16.4. The number of methoxy groups -OCH3 is 3. The van der Waals surface area contributed by atoms with Gasteiger partial charge in [0.2, 0.25) is 5.75 Å². The molecule has 0 saturated carbocycles. The first-order valence-electron chi connectivity index (χ1n) is 8.93. The van der Waals surface area contributed by atoms with E-state index in [4.69, 9.17) is 14.2 Å². The van der Waals surface area contributed by atoms with Crippen LogP contribution < -0.4 is 24.8 Å². The van der Waals surface area contributed by atoms with Gasteiger partial charge in [-0.1, -0.05) is 6.07 Å². The van der Waals surface area contributed by atoms with E-state index < -0.39 is 0 Å². The van der Waals surface area contributed by atoms with Crippen LogP contribution in [-0.2, 0) is 13.0 Å². The SMILES string of the molecule is CCNC(=NCc1ccc(OC)c(OC)c1OC)NCCc1ccccn1. The normalized spacial score (nSPS) is 11.0. The van der Waals surface area contributed by atoms with Crippen LogP contribution in [0, 0.1) is 0 Å². The van der Waals surface area contributed by atoms with Gasteiger partial charge in [0.1, 0.15) is 0 Å². The summed E-state index contributed by atoms with van der Waals surface area (Å²) in [5, 5.41) is 6.58. The molecule has 0 saturated heterocycles. The fourth-order valence-corrected chi connectivity index (χ4v) is 2.65. The van der Waals surface area contributed by atoms with Gasteiger partial charge in [0.25, 0.3) is 0 Å². The van der Waals surface area contributed by atoms with E-state index in [9.17, 15) is 0 Å². The first kappa shape index (κ1) is 20.4. The van der Waals surface area contributed by atoms with Crippen molar-refractivity contribution in [3.8, 4) is 17.2 Å². The maximum absolute atomic E-state index is 5.52. The van der Waals surface area contributed by atoms with E-state index in [1.54, 1.807) is 27.5 Å². The molecule has 2 rings (SSSR count). The Labute approximate surface area is 160 Å². The topological polar surface area (TPSA) is 77.0 Å². The highest BCUT2D eigenvalue weighted by Crippen LogP contribution is 2.39. The molecule has 2 N–H and O–H groups in total.